The van der Waals surface area contributed by atoms with Crippen LogP contribution < -0.4 is 5.73 Å². The van der Waals surface area contributed by atoms with E-state index in [2.05, 4.69) is 0 Å². The Morgan fingerprint density at radius 2 is 2.00 bits per heavy atom. The molecule has 1 aliphatic rings. The highest BCUT2D eigenvalue weighted by molar-refractivity contribution is 5.87. The van der Waals surface area contributed by atoms with Crippen LogP contribution in [0.4, 0.5) is 0 Å². The lowest BCUT2D eigenvalue weighted by atomic mass is 9.66. The summed E-state index contributed by atoms with van der Waals surface area (Å²) in [5, 5.41) is 8.94. The molecule has 14 heavy (non-hydrogen) atoms. The maximum atomic E-state index is 10.9. The second kappa shape index (κ2) is 4.55. The van der Waals surface area contributed by atoms with Gasteiger partial charge < -0.3 is 15.6 Å². The lowest BCUT2D eigenvalue weighted by Gasteiger charge is -2.38. The molecule has 1 unspecified atom stereocenters. The van der Waals surface area contributed by atoms with E-state index < -0.39 is 17.3 Å². The number of hydrogen-bond acceptors (Lipinski definition) is 3. The fourth-order valence-corrected chi connectivity index (χ4v) is 2.36. The van der Waals surface area contributed by atoms with Crippen molar-refractivity contribution in [3.05, 3.63) is 0 Å². The van der Waals surface area contributed by atoms with E-state index in [0.717, 1.165) is 32.1 Å². The van der Waals surface area contributed by atoms with Crippen LogP contribution in [0.25, 0.3) is 0 Å². The molecular formula is C10H17NO3. The Morgan fingerprint density at radius 3 is 2.36 bits per heavy atom. The van der Waals surface area contributed by atoms with Crippen LogP contribution in [0.5, 0.6) is 0 Å². The van der Waals surface area contributed by atoms with E-state index in [0.29, 0.717) is 12.8 Å². The summed E-state index contributed by atoms with van der Waals surface area (Å²) in [5.74, 6) is -1.96. The topological polar surface area (TPSA) is 80.4 Å². The number of carboxylic acid groups (broad SMARTS) is 1. The lowest BCUT2D eigenvalue weighted by Crippen LogP contribution is -2.44. The second-order valence-electron chi connectivity index (χ2n) is 4.08. The third-order valence-corrected chi connectivity index (χ3v) is 3.32. The second-order valence-corrected chi connectivity index (χ2v) is 4.08. The van der Waals surface area contributed by atoms with E-state index in [1.165, 1.54) is 0 Å². The van der Waals surface area contributed by atoms with Gasteiger partial charge in [0.15, 0.2) is 0 Å². The van der Waals surface area contributed by atoms with E-state index >= 15 is 0 Å². The van der Waals surface area contributed by atoms with Crippen molar-refractivity contribution < 1.29 is 14.7 Å². The van der Waals surface area contributed by atoms with Crippen molar-refractivity contribution in [1.29, 1.82) is 0 Å². The highest BCUT2D eigenvalue weighted by atomic mass is 16.4. The zero-order valence-electron chi connectivity index (χ0n) is 8.24. The molecule has 1 fully saturated rings. The van der Waals surface area contributed by atoms with Crippen molar-refractivity contribution in [2.45, 2.75) is 32.1 Å². The van der Waals surface area contributed by atoms with Crippen molar-refractivity contribution in [2.75, 3.05) is 6.54 Å². The van der Waals surface area contributed by atoms with Gasteiger partial charge in [-0.15, -0.1) is 0 Å². The van der Waals surface area contributed by atoms with Crippen LogP contribution >= 0.6 is 0 Å². The van der Waals surface area contributed by atoms with E-state index in [1.54, 1.807) is 0 Å². The van der Waals surface area contributed by atoms with Crippen molar-refractivity contribution >= 4 is 12.3 Å². The van der Waals surface area contributed by atoms with Gasteiger partial charge in [0.2, 0.25) is 0 Å². The van der Waals surface area contributed by atoms with Gasteiger partial charge in [0.05, 0.1) is 0 Å². The highest BCUT2D eigenvalue weighted by Gasteiger charge is 2.42. The SMILES string of the molecule is NCC1(C(C=O)C(=O)O)CCCCC1. The fraction of sp³-hybridized carbons (Fsp3) is 0.800. The van der Waals surface area contributed by atoms with Crippen LogP contribution in [0.15, 0.2) is 0 Å². The van der Waals surface area contributed by atoms with Crippen molar-refractivity contribution in [3.63, 3.8) is 0 Å². The Morgan fingerprint density at radius 1 is 1.43 bits per heavy atom. The zero-order chi connectivity index (χ0) is 10.6. The average Bonchev–Trinajstić information content (AvgIpc) is 2.19. The Hall–Kier alpha value is -0.900. The molecule has 0 aliphatic heterocycles. The van der Waals surface area contributed by atoms with Crippen LogP contribution in [0.3, 0.4) is 0 Å². The molecule has 0 amide bonds. The lowest BCUT2D eigenvalue weighted by molar-refractivity contribution is -0.149. The van der Waals surface area contributed by atoms with Gasteiger partial charge in [-0.05, 0) is 19.4 Å². The van der Waals surface area contributed by atoms with Crippen molar-refractivity contribution in [1.82, 2.24) is 0 Å². The molecule has 0 spiro atoms. The standard InChI is InChI=1S/C10H17NO3/c11-7-10(4-2-1-3-5-10)8(6-12)9(13)14/h6,8H,1-5,7,11H2,(H,13,14). The fourth-order valence-electron chi connectivity index (χ4n) is 2.36. The van der Waals surface area contributed by atoms with Crippen molar-refractivity contribution in [2.24, 2.45) is 17.1 Å². The van der Waals surface area contributed by atoms with Gasteiger partial charge in [0, 0.05) is 5.41 Å². The maximum Gasteiger partial charge on any atom is 0.314 e. The largest absolute Gasteiger partial charge is 0.481 e. The quantitative estimate of drug-likeness (QED) is 0.518. The molecule has 0 heterocycles. The Balaban J connectivity index is 2.84. The molecule has 1 rings (SSSR count). The molecule has 0 aromatic heterocycles. The highest BCUT2D eigenvalue weighted by Crippen LogP contribution is 2.41. The van der Waals surface area contributed by atoms with Crippen LogP contribution in [0, 0.1) is 11.3 Å². The minimum Gasteiger partial charge on any atom is -0.481 e. The number of aliphatic carboxylic acids is 1. The van der Waals surface area contributed by atoms with Crippen LogP contribution in [0.1, 0.15) is 32.1 Å². The van der Waals surface area contributed by atoms with Gasteiger partial charge in [-0.1, -0.05) is 19.3 Å². The molecule has 0 bridgehead atoms. The maximum absolute atomic E-state index is 10.9. The first kappa shape index (κ1) is 11.2. The number of rotatable bonds is 4. The molecule has 1 saturated carbocycles. The molecule has 3 N–H and O–H groups in total. The smallest absolute Gasteiger partial charge is 0.314 e. The Bertz CT molecular complexity index is 221. The minimum absolute atomic E-state index is 0.294. The molecule has 0 aromatic rings. The number of carbonyl (C=O) groups is 2. The molecule has 4 nitrogen and oxygen atoms in total. The molecular weight excluding hydrogens is 182 g/mol. The predicted octanol–water partition coefficient (Wildman–Crippen LogP) is 0.795. The summed E-state index contributed by atoms with van der Waals surface area (Å²) in [5.41, 5.74) is 5.15. The van der Waals surface area contributed by atoms with Gasteiger partial charge in [-0.3, -0.25) is 4.79 Å². The van der Waals surface area contributed by atoms with Gasteiger partial charge in [-0.2, -0.15) is 0 Å². The van der Waals surface area contributed by atoms with E-state index in [9.17, 15) is 9.59 Å². The number of carboxylic acids is 1. The normalized spacial score (nSPS) is 22.6. The molecule has 1 aliphatic carbocycles. The first-order valence-electron chi connectivity index (χ1n) is 5.04. The van der Waals surface area contributed by atoms with Crippen LogP contribution in [0.2, 0.25) is 0 Å². The average molecular weight is 199 g/mol. The summed E-state index contributed by atoms with van der Waals surface area (Å²) in [4.78, 5) is 21.7. The first-order chi connectivity index (χ1) is 6.66. The van der Waals surface area contributed by atoms with Crippen LogP contribution in [-0.2, 0) is 9.59 Å². The molecule has 0 radical (unpaired) electrons. The van der Waals surface area contributed by atoms with Gasteiger partial charge in [-0.25, -0.2) is 0 Å². The third-order valence-electron chi connectivity index (χ3n) is 3.32. The summed E-state index contributed by atoms with van der Waals surface area (Å²) >= 11 is 0. The summed E-state index contributed by atoms with van der Waals surface area (Å²) in [6.45, 7) is 0.294. The summed E-state index contributed by atoms with van der Waals surface area (Å²) in [7, 11) is 0. The summed E-state index contributed by atoms with van der Waals surface area (Å²) in [6, 6.07) is 0. The Labute approximate surface area is 83.5 Å². The zero-order valence-corrected chi connectivity index (χ0v) is 8.24. The van der Waals surface area contributed by atoms with Crippen LogP contribution in [-0.4, -0.2) is 23.9 Å². The molecule has 0 saturated heterocycles. The molecule has 4 heteroatoms. The van der Waals surface area contributed by atoms with Gasteiger partial charge in [0.25, 0.3) is 0 Å². The predicted molar refractivity (Wildman–Crippen MR) is 51.8 cm³/mol. The molecule has 80 valence electrons. The number of hydrogen-bond donors (Lipinski definition) is 2. The van der Waals surface area contributed by atoms with E-state index in [1.807, 2.05) is 0 Å². The minimum atomic E-state index is -1.03. The monoisotopic (exact) mass is 199 g/mol. The Kier molecular flexibility index (Phi) is 3.63. The van der Waals surface area contributed by atoms with Gasteiger partial charge >= 0.3 is 5.97 Å². The molecule has 0 aromatic carbocycles. The summed E-state index contributed by atoms with van der Waals surface area (Å²) < 4.78 is 0. The first-order valence-corrected chi connectivity index (χ1v) is 5.04. The number of aldehydes is 1. The number of nitrogens with two attached hydrogens (primary N) is 1. The molecule has 1 atom stereocenters. The van der Waals surface area contributed by atoms with Crippen molar-refractivity contribution in [3.8, 4) is 0 Å². The third kappa shape index (κ3) is 1.95. The van der Waals surface area contributed by atoms with Gasteiger partial charge in [0.1, 0.15) is 12.2 Å². The van der Waals surface area contributed by atoms with E-state index in [-0.39, 0.29) is 0 Å². The van der Waals surface area contributed by atoms with E-state index in [4.69, 9.17) is 10.8 Å². The number of carbonyl (C=O) groups excluding carboxylic acids is 1. The summed E-state index contributed by atoms with van der Waals surface area (Å²) in [6.07, 6.45) is 5.15.